The second kappa shape index (κ2) is 7.03. The van der Waals surface area contributed by atoms with Gasteiger partial charge in [-0.25, -0.2) is 0 Å². The maximum Gasteiger partial charge on any atom is 0.223 e. The molecular weight excluding hydrogens is 306 g/mol. The van der Waals surface area contributed by atoms with Gasteiger partial charge in [0.25, 0.3) is 0 Å². The molecule has 0 radical (unpaired) electrons. The topological polar surface area (TPSA) is 20.3 Å². The van der Waals surface area contributed by atoms with E-state index in [9.17, 15) is 4.79 Å². The predicted octanol–water partition coefficient (Wildman–Crippen LogP) is 5.37. The Kier molecular flexibility index (Phi) is 4.99. The second-order valence-corrected chi connectivity index (χ2v) is 8.45. The van der Waals surface area contributed by atoms with Crippen molar-refractivity contribution in [1.29, 1.82) is 0 Å². The van der Waals surface area contributed by atoms with Gasteiger partial charge in [-0.15, -0.1) is 0 Å². The summed E-state index contributed by atoms with van der Waals surface area (Å²) >= 11 is 0. The Morgan fingerprint density at radius 3 is 2.56 bits per heavy atom. The molecule has 2 aromatic rings. The Morgan fingerprint density at radius 2 is 1.84 bits per heavy atom. The molecule has 0 N–H and O–H groups in total. The standard InChI is InChI=1S/C23H29NO/c1-17-8-5-6-10-21(17)19-12-11-18-9-7-13-24(16-20(18)14-19)22(25)15-23(2,3)4/h5-6,8,10-12,14H,7,9,13,15-16H2,1-4H3. The third-order valence-corrected chi connectivity index (χ3v) is 4.93. The van der Waals surface area contributed by atoms with E-state index in [4.69, 9.17) is 0 Å². The molecule has 0 aliphatic carbocycles. The highest BCUT2D eigenvalue weighted by molar-refractivity contribution is 5.77. The molecule has 2 nitrogen and oxygen atoms in total. The molecule has 0 saturated carbocycles. The first-order valence-electron chi connectivity index (χ1n) is 9.29. The van der Waals surface area contributed by atoms with Gasteiger partial charge < -0.3 is 4.90 Å². The van der Waals surface area contributed by atoms with E-state index in [0.717, 1.165) is 25.9 Å². The summed E-state index contributed by atoms with van der Waals surface area (Å²) in [6.45, 7) is 10.2. The lowest BCUT2D eigenvalue weighted by molar-refractivity contribution is -0.133. The monoisotopic (exact) mass is 335 g/mol. The highest BCUT2D eigenvalue weighted by Gasteiger charge is 2.23. The lowest BCUT2D eigenvalue weighted by Gasteiger charge is -2.26. The van der Waals surface area contributed by atoms with Gasteiger partial charge in [0.2, 0.25) is 5.91 Å². The van der Waals surface area contributed by atoms with Gasteiger partial charge in [-0.1, -0.05) is 57.2 Å². The molecule has 0 unspecified atom stereocenters. The van der Waals surface area contributed by atoms with Gasteiger partial charge >= 0.3 is 0 Å². The van der Waals surface area contributed by atoms with E-state index in [0.29, 0.717) is 6.42 Å². The van der Waals surface area contributed by atoms with Crippen LogP contribution >= 0.6 is 0 Å². The molecular formula is C23H29NO. The number of nitrogens with zero attached hydrogens (tertiary/aromatic N) is 1. The van der Waals surface area contributed by atoms with Crippen LogP contribution in [0.3, 0.4) is 0 Å². The molecule has 25 heavy (non-hydrogen) atoms. The summed E-state index contributed by atoms with van der Waals surface area (Å²) in [5, 5.41) is 0. The third-order valence-electron chi connectivity index (χ3n) is 4.93. The highest BCUT2D eigenvalue weighted by Crippen LogP contribution is 2.29. The summed E-state index contributed by atoms with van der Waals surface area (Å²) in [6, 6.07) is 15.3. The van der Waals surface area contributed by atoms with Crippen molar-refractivity contribution in [1.82, 2.24) is 4.90 Å². The molecule has 3 rings (SSSR count). The van der Waals surface area contributed by atoms with Crippen molar-refractivity contribution in [3.05, 3.63) is 59.2 Å². The van der Waals surface area contributed by atoms with E-state index in [1.54, 1.807) is 0 Å². The molecule has 0 saturated heterocycles. The fourth-order valence-corrected chi connectivity index (χ4v) is 3.60. The minimum Gasteiger partial charge on any atom is -0.338 e. The highest BCUT2D eigenvalue weighted by atomic mass is 16.2. The van der Waals surface area contributed by atoms with Crippen molar-refractivity contribution < 1.29 is 4.79 Å². The summed E-state index contributed by atoms with van der Waals surface area (Å²) in [4.78, 5) is 14.8. The van der Waals surface area contributed by atoms with Crippen molar-refractivity contribution >= 4 is 5.91 Å². The molecule has 1 heterocycles. The minimum absolute atomic E-state index is 0.0369. The van der Waals surface area contributed by atoms with Crippen LogP contribution in [0, 0.1) is 12.3 Å². The Labute approximate surface area is 151 Å². The number of aryl methyl sites for hydroxylation is 2. The minimum atomic E-state index is 0.0369. The van der Waals surface area contributed by atoms with Crippen LogP contribution in [0.25, 0.3) is 11.1 Å². The molecule has 0 spiro atoms. The summed E-state index contributed by atoms with van der Waals surface area (Å²) in [7, 11) is 0. The van der Waals surface area contributed by atoms with Crippen LogP contribution < -0.4 is 0 Å². The maximum atomic E-state index is 12.7. The van der Waals surface area contributed by atoms with E-state index in [1.165, 1.54) is 27.8 Å². The lowest BCUT2D eigenvalue weighted by atomic mass is 9.91. The van der Waals surface area contributed by atoms with Crippen LogP contribution in [-0.4, -0.2) is 17.4 Å². The maximum absolute atomic E-state index is 12.7. The molecule has 1 aliphatic heterocycles. The average molecular weight is 335 g/mol. The van der Waals surface area contributed by atoms with Crippen LogP contribution in [0.15, 0.2) is 42.5 Å². The molecule has 132 valence electrons. The number of carbonyl (C=O) groups is 1. The Bertz CT molecular complexity index is 770. The van der Waals surface area contributed by atoms with Crippen molar-refractivity contribution in [2.75, 3.05) is 6.54 Å². The smallest absolute Gasteiger partial charge is 0.223 e. The second-order valence-electron chi connectivity index (χ2n) is 8.45. The molecule has 0 atom stereocenters. The van der Waals surface area contributed by atoms with E-state index in [2.05, 4.69) is 75.1 Å². The van der Waals surface area contributed by atoms with Crippen LogP contribution in [0.4, 0.5) is 0 Å². The SMILES string of the molecule is Cc1ccccc1-c1ccc2c(c1)CN(C(=O)CC(C)(C)C)CCC2. The normalized spacial score (nSPS) is 14.8. The zero-order valence-corrected chi connectivity index (χ0v) is 15.9. The van der Waals surface area contributed by atoms with Gasteiger partial charge in [0.15, 0.2) is 0 Å². The van der Waals surface area contributed by atoms with Gasteiger partial charge in [0.05, 0.1) is 0 Å². The number of benzene rings is 2. The average Bonchev–Trinajstić information content (AvgIpc) is 2.75. The Balaban J connectivity index is 1.88. The van der Waals surface area contributed by atoms with Crippen molar-refractivity contribution in [2.45, 2.75) is 53.5 Å². The molecule has 1 aliphatic rings. The Hall–Kier alpha value is -2.09. The van der Waals surface area contributed by atoms with E-state index in [1.807, 2.05) is 0 Å². The van der Waals surface area contributed by atoms with Gasteiger partial charge in [-0.3, -0.25) is 4.79 Å². The van der Waals surface area contributed by atoms with Gasteiger partial charge in [0, 0.05) is 19.5 Å². The summed E-state index contributed by atoms with van der Waals surface area (Å²) in [5.74, 6) is 0.279. The number of fused-ring (bicyclic) bond motifs is 1. The number of hydrogen-bond donors (Lipinski definition) is 0. The summed E-state index contributed by atoms with van der Waals surface area (Å²) in [5.41, 5.74) is 6.56. The van der Waals surface area contributed by atoms with Crippen LogP contribution in [0.2, 0.25) is 0 Å². The zero-order chi connectivity index (χ0) is 18.0. The summed E-state index contributed by atoms with van der Waals surface area (Å²) < 4.78 is 0. The van der Waals surface area contributed by atoms with E-state index in [-0.39, 0.29) is 11.3 Å². The first-order chi connectivity index (χ1) is 11.8. The molecule has 0 bridgehead atoms. The zero-order valence-electron chi connectivity index (χ0n) is 15.9. The fraction of sp³-hybridized carbons (Fsp3) is 0.435. The van der Waals surface area contributed by atoms with E-state index >= 15 is 0 Å². The molecule has 0 aromatic heterocycles. The predicted molar refractivity (Wildman–Crippen MR) is 104 cm³/mol. The number of rotatable bonds is 2. The van der Waals surface area contributed by atoms with Crippen LogP contribution in [-0.2, 0) is 17.8 Å². The van der Waals surface area contributed by atoms with E-state index < -0.39 is 0 Å². The van der Waals surface area contributed by atoms with Gasteiger partial charge in [-0.2, -0.15) is 0 Å². The van der Waals surface area contributed by atoms with Gasteiger partial charge in [-0.05, 0) is 59.1 Å². The molecule has 0 fully saturated rings. The molecule has 2 heteroatoms. The van der Waals surface area contributed by atoms with Crippen molar-refractivity contribution in [3.63, 3.8) is 0 Å². The first-order valence-corrected chi connectivity index (χ1v) is 9.29. The van der Waals surface area contributed by atoms with Crippen LogP contribution in [0.5, 0.6) is 0 Å². The Morgan fingerprint density at radius 1 is 1.08 bits per heavy atom. The van der Waals surface area contributed by atoms with Crippen LogP contribution in [0.1, 0.15) is 50.3 Å². The third kappa shape index (κ3) is 4.31. The quantitative estimate of drug-likeness (QED) is 0.722. The van der Waals surface area contributed by atoms with Gasteiger partial charge in [0.1, 0.15) is 0 Å². The molecule has 2 aromatic carbocycles. The largest absolute Gasteiger partial charge is 0.338 e. The van der Waals surface area contributed by atoms with Crippen molar-refractivity contribution in [2.24, 2.45) is 5.41 Å². The number of carbonyl (C=O) groups excluding carboxylic acids is 1. The number of amides is 1. The lowest BCUT2D eigenvalue weighted by Crippen LogP contribution is -2.33. The summed E-state index contributed by atoms with van der Waals surface area (Å²) in [6.07, 6.45) is 2.72. The van der Waals surface area contributed by atoms with Crippen molar-refractivity contribution in [3.8, 4) is 11.1 Å². The number of hydrogen-bond acceptors (Lipinski definition) is 1. The molecule has 1 amide bonds. The first kappa shape index (κ1) is 17.7. The fourth-order valence-electron chi connectivity index (χ4n) is 3.60.